The van der Waals surface area contributed by atoms with E-state index in [1.54, 1.807) is 11.4 Å². The average Bonchev–Trinajstić information content (AvgIpc) is 2.77. The highest BCUT2D eigenvalue weighted by Gasteiger charge is 2.47. The van der Waals surface area contributed by atoms with E-state index in [0.717, 1.165) is 44.5 Å². The van der Waals surface area contributed by atoms with Crippen molar-refractivity contribution in [3.8, 4) is 5.75 Å². The lowest BCUT2D eigenvalue weighted by Crippen LogP contribution is -2.60. The number of ether oxygens (including phenoxy) is 2. The third-order valence-corrected chi connectivity index (χ3v) is 9.28. The monoisotopic (exact) mass is 457 g/mol. The van der Waals surface area contributed by atoms with Gasteiger partial charge in [0.05, 0.1) is 20.3 Å². The number of morpholine rings is 1. The maximum Gasteiger partial charge on any atom is 0.282 e. The number of piperidine rings is 2. The second-order valence-corrected chi connectivity index (χ2v) is 10.5. The lowest BCUT2D eigenvalue weighted by atomic mass is 9.77. The van der Waals surface area contributed by atoms with Gasteiger partial charge in [0.25, 0.3) is 10.2 Å². The van der Waals surface area contributed by atoms with E-state index >= 15 is 0 Å². The zero-order chi connectivity index (χ0) is 20.0. The molecule has 0 spiro atoms. The summed E-state index contributed by atoms with van der Waals surface area (Å²) in [5, 5.41) is 0. The number of hydrogen-bond donors (Lipinski definition) is 0. The summed E-state index contributed by atoms with van der Waals surface area (Å²) in [6, 6.07) is 6.77. The summed E-state index contributed by atoms with van der Waals surface area (Å²) in [6.45, 7) is 4.60. The van der Waals surface area contributed by atoms with Crippen LogP contribution in [0.25, 0.3) is 0 Å². The Morgan fingerprint density at radius 3 is 2.70 bits per heavy atom. The first-order valence-electron chi connectivity index (χ1n) is 10.8. The summed E-state index contributed by atoms with van der Waals surface area (Å²) < 4.78 is 41.2. The molecule has 0 N–H and O–H groups in total. The van der Waals surface area contributed by atoms with Crippen LogP contribution in [0.1, 0.15) is 36.4 Å². The first kappa shape index (κ1) is 22.3. The van der Waals surface area contributed by atoms with E-state index in [2.05, 4.69) is 17.0 Å². The van der Waals surface area contributed by atoms with Gasteiger partial charge in [-0.15, -0.1) is 12.4 Å². The van der Waals surface area contributed by atoms with Gasteiger partial charge in [0.2, 0.25) is 0 Å². The van der Waals surface area contributed by atoms with Gasteiger partial charge >= 0.3 is 0 Å². The van der Waals surface area contributed by atoms with Crippen molar-refractivity contribution < 1.29 is 17.9 Å². The molecule has 4 heterocycles. The van der Waals surface area contributed by atoms with Crippen molar-refractivity contribution in [2.75, 3.05) is 53.0 Å². The normalized spacial score (nSPS) is 30.5. The van der Waals surface area contributed by atoms with Crippen molar-refractivity contribution >= 4 is 22.6 Å². The second kappa shape index (κ2) is 8.92. The number of fused-ring (bicyclic) bond motifs is 4. The Morgan fingerprint density at radius 2 is 1.93 bits per heavy atom. The third kappa shape index (κ3) is 3.87. The molecule has 3 fully saturated rings. The van der Waals surface area contributed by atoms with Crippen molar-refractivity contribution in [2.24, 2.45) is 5.92 Å². The summed E-state index contributed by atoms with van der Waals surface area (Å²) in [5.41, 5.74) is 2.70. The fourth-order valence-corrected chi connectivity index (χ4v) is 7.60. The Bertz CT molecular complexity index is 862. The molecule has 168 valence electrons. The summed E-state index contributed by atoms with van der Waals surface area (Å²) >= 11 is 0. The fourth-order valence-electron chi connectivity index (χ4n) is 5.73. The van der Waals surface area contributed by atoms with E-state index in [-0.39, 0.29) is 18.4 Å². The van der Waals surface area contributed by atoms with Gasteiger partial charge in [0.1, 0.15) is 5.75 Å². The number of methoxy groups -OCH3 is 1. The highest BCUT2D eigenvalue weighted by Crippen LogP contribution is 2.44. The predicted molar refractivity (Wildman–Crippen MR) is 117 cm³/mol. The standard InChI is InChI=1S/C21H31N3O4S.ClH/c1-27-18-4-5-19-16(13-18)6-8-22-15-17-3-2-7-24(20(17)14-21(19)22)29(25,26)23-9-11-28-12-10-23;/h4-5,13,17,20-21H,2-3,6-12,14-15H2,1H3;1H/t17-,20+,21-;/m1./s1. The van der Waals surface area contributed by atoms with Crippen molar-refractivity contribution in [1.29, 1.82) is 0 Å². The Balaban J connectivity index is 0.00000218. The third-order valence-electron chi connectivity index (χ3n) is 7.21. The quantitative estimate of drug-likeness (QED) is 0.695. The second-order valence-electron chi connectivity index (χ2n) is 8.66. The predicted octanol–water partition coefficient (Wildman–Crippen LogP) is 2.08. The van der Waals surface area contributed by atoms with E-state index in [9.17, 15) is 8.42 Å². The molecule has 30 heavy (non-hydrogen) atoms. The van der Waals surface area contributed by atoms with Crippen molar-refractivity contribution in [3.63, 3.8) is 0 Å². The van der Waals surface area contributed by atoms with Gasteiger partial charge < -0.3 is 9.47 Å². The van der Waals surface area contributed by atoms with E-state index in [1.807, 2.05) is 10.4 Å². The Hall–Kier alpha value is -0.900. The molecule has 0 aromatic heterocycles. The van der Waals surface area contributed by atoms with Crippen LogP contribution < -0.4 is 4.74 Å². The van der Waals surface area contributed by atoms with Gasteiger partial charge in [0.15, 0.2) is 0 Å². The van der Waals surface area contributed by atoms with Crippen molar-refractivity contribution in [1.82, 2.24) is 13.5 Å². The molecular formula is C21H32ClN3O4S. The van der Waals surface area contributed by atoms with Crippen LogP contribution in [0.15, 0.2) is 18.2 Å². The highest BCUT2D eigenvalue weighted by atomic mass is 35.5. The Kier molecular flexibility index (Phi) is 6.63. The van der Waals surface area contributed by atoms with Crippen LogP contribution in [0.2, 0.25) is 0 Å². The van der Waals surface area contributed by atoms with E-state index in [4.69, 9.17) is 9.47 Å². The summed E-state index contributed by atoms with van der Waals surface area (Å²) in [4.78, 5) is 2.58. The van der Waals surface area contributed by atoms with Gasteiger partial charge in [-0.1, -0.05) is 6.07 Å². The molecule has 5 rings (SSSR count). The smallest absolute Gasteiger partial charge is 0.282 e. The molecule has 3 atom stereocenters. The van der Waals surface area contributed by atoms with Crippen LogP contribution in [-0.2, 0) is 21.4 Å². The molecule has 7 nitrogen and oxygen atoms in total. The minimum absolute atomic E-state index is 0. The molecule has 3 saturated heterocycles. The first-order valence-corrected chi connectivity index (χ1v) is 12.2. The number of nitrogens with zero attached hydrogens (tertiary/aromatic N) is 3. The van der Waals surface area contributed by atoms with Gasteiger partial charge in [-0.3, -0.25) is 4.90 Å². The molecule has 0 radical (unpaired) electrons. The van der Waals surface area contributed by atoms with Gasteiger partial charge in [-0.2, -0.15) is 17.0 Å². The first-order chi connectivity index (χ1) is 14.1. The van der Waals surface area contributed by atoms with E-state index in [1.165, 1.54) is 11.1 Å². The average molecular weight is 458 g/mol. The van der Waals surface area contributed by atoms with Crippen LogP contribution >= 0.6 is 12.4 Å². The lowest BCUT2D eigenvalue weighted by molar-refractivity contribution is 0.0161. The zero-order valence-corrected chi connectivity index (χ0v) is 19.2. The highest BCUT2D eigenvalue weighted by molar-refractivity contribution is 7.86. The maximum absolute atomic E-state index is 13.5. The zero-order valence-electron chi connectivity index (χ0n) is 17.5. The fraction of sp³-hybridized carbons (Fsp3) is 0.714. The Morgan fingerprint density at radius 1 is 1.13 bits per heavy atom. The minimum atomic E-state index is -3.43. The molecule has 4 aliphatic heterocycles. The van der Waals surface area contributed by atoms with Crippen LogP contribution in [0.3, 0.4) is 0 Å². The number of hydrogen-bond acceptors (Lipinski definition) is 5. The van der Waals surface area contributed by atoms with Crippen LogP contribution in [0, 0.1) is 5.92 Å². The minimum Gasteiger partial charge on any atom is -0.497 e. The van der Waals surface area contributed by atoms with Gasteiger partial charge in [-0.05, 0) is 54.9 Å². The molecule has 1 aromatic rings. The number of rotatable bonds is 3. The maximum atomic E-state index is 13.5. The van der Waals surface area contributed by atoms with Crippen LogP contribution in [-0.4, -0.2) is 81.0 Å². The summed E-state index contributed by atoms with van der Waals surface area (Å²) in [6.07, 6.45) is 4.00. The number of halogens is 1. The van der Waals surface area contributed by atoms with Crippen LogP contribution in [0.5, 0.6) is 5.75 Å². The Labute approximate surface area is 185 Å². The molecule has 0 unspecified atom stereocenters. The largest absolute Gasteiger partial charge is 0.497 e. The molecule has 0 saturated carbocycles. The molecule has 1 aromatic carbocycles. The molecular weight excluding hydrogens is 426 g/mol. The summed E-state index contributed by atoms with van der Waals surface area (Å²) in [5.74, 6) is 1.33. The molecule has 9 heteroatoms. The van der Waals surface area contributed by atoms with Crippen molar-refractivity contribution in [3.05, 3.63) is 29.3 Å². The lowest BCUT2D eigenvalue weighted by Gasteiger charge is -2.52. The molecule has 4 aliphatic rings. The number of benzene rings is 1. The molecule has 0 aliphatic carbocycles. The van der Waals surface area contributed by atoms with E-state index in [0.29, 0.717) is 44.8 Å². The van der Waals surface area contributed by atoms with E-state index < -0.39 is 10.2 Å². The van der Waals surface area contributed by atoms with Gasteiger partial charge in [-0.25, -0.2) is 0 Å². The SMILES string of the molecule is COc1ccc2c(c1)CCN1C[C@H]3CCCN(S(=O)(=O)N4CCOCC4)[C@H]3C[C@H]21.Cl. The summed E-state index contributed by atoms with van der Waals surface area (Å²) in [7, 11) is -1.73. The van der Waals surface area contributed by atoms with Gasteiger partial charge in [0, 0.05) is 44.8 Å². The molecule has 0 bridgehead atoms. The van der Waals surface area contributed by atoms with Crippen LogP contribution in [0.4, 0.5) is 0 Å². The topological polar surface area (TPSA) is 62.3 Å². The van der Waals surface area contributed by atoms with Crippen molar-refractivity contribution in [2.45, 2.75) is 37.8 Å². The molecule has 0 amide bonds.